The van der Waals surface area contributed by atoms with Crippen molar-refractivity contribution in [3.05, 3.63) is 29.8 Å². The van der Waals surface area contributed by atoms with Crippen LogP contribution in [0.2, 0.25) is 0 Å². The number of hydrogen-bond donors (Lipinski definition) is 0. The van der Waals surface area contributed by atoms with Crippen molar-refractivity contribution in [2.24, 2.45) is 0 Å². The molecule has 1 aliphatic carbocycles. The van der Waals surface area contributed by atoms with Crippen LogP contribution in [0.15, 0.2) is 24.3 Å². The number of ether oxygens (including phenoxy) is 1. The molecule has 2 fully saturated rings. The molecule has 4 rings (SSSR count). The quantitative estimate of drug-likeness (QED) is 0.770. The van der Waals surface area contributed by atoms with Crippen LogP contribution >= 0.6 is 0 Å². The van der Waals surface area contributed by atoms with E-state index in [4.69, 9.17) is 4.74 Å². The van der Waals surface area contributed by atoms with Crippen LogP contribution in [0.3, 0.4) is 0 Å². The summed E-state index contributed by atoms with van der Waals surface area (Å²) in [7, 11) is 0. The molecule has 0 aromatic heterocycles. The molecule has 20 heavy (non-hydrogen) atoms. The van der Waals surface area contributed by atoms with Gasteiger partial charge in [-0.3, -0.25) is 0 Å². The fourth-order valence-electron chi connectivity index (χ4n) is 4.39. The Labute approximate surface area is 122 Å². The molecular formula is C18H25NO. The molecular weight excluding hydrogens is 246 g/mol. The van der Waals surface area contributed by atoms with Gasteiger partial charge in [-0.1, -0.05) is 37.5 Å². The first-order valence-corrected chi connectivity index (χ1v) is 8.36. The van der Waals surface area contributed by atoms with Gasteiger partial charge in [0.2, 0.25) is 0 Å². The summed E-state index contributed by atoms with van der Waals surface area (Å²) in [5.41, 5.74) is 1.54. The van der Waals surface area contributed by atoms with Crippen LogP contribution in [0.25, 0.3) is 0 Å². The van der Waals surface area contributed by atoms with Gasteiger partial charge in [-0.25, -0.2) is 0 Å². The Kier molecular flexibility index (Phi) is 3.22. The first-order chi connectivity index (χ1) is 9.85. The van der Waals surface area contributed by atoms with Gasteiger partial charge >= 0.3 is 0 Å². The Hall–Kier alpha value is -1.02. The van der Waals surface area contributed by atoms with E-state index >= 15 is 0 Å². The third-order valence-electron chi connectivity index (χ3n) is 5.61. The van der Waals surface area contributed by atoms with E-state index in [0.717, 1.165) is 18.2 Å². The average Bonchev–Trinajstić information content (AvgIpc) is 2.86. The van der Waals surface area contributed by atoms with E-state index in [9.17, 15) is 0 Å². The van der Waals surface area contributed by atoms with Crippen LogP contribution in [0.4, 0.5) is 0 Å². The van der Waals surface area contributed by atoms with E-state index in [2.05, 4.69) is 29.2 Å². The van der Waals surface area contributed by atoms with Crippen LogP contribution in [-0.2, 0) is 6.42 Å². The highest BCUT2D eigenvalue weighted by Gasteiger charge is 2.42. The minimum Gasteiger partial charge on any atom is -0.487 e. The van der Waals surface area contributed by atoms with Gasteiger partial charge in [0, 0.05) is 38.4 Å². The standard InChI is InChI=1S/C18H25NO/c1-2-7-16(8-3-1)19-12-10-18(11-13-19)14-15-6-4-5-9-17(15)20-18/h4-6,9,16H,1-3,7-8,10-14H2. The number of benzene rings is 1. The predicted molar refractivity (Wildman–Crippen MR) is 81.2 cm³/mol. The van der Waals surface area contributed by atoms with Crippen molar-refractivity contribution in [3.63, 3.8) is 0 Å². The van der Waals surface area contributed by atoms with Crippen LogP contribution in [0, 0.1) is 0 Å². The molecule has 1 spiro atoms. The van der Waals surface area contributed by atoms with Crippen molar-refractivity contribution in [2.45, 2.75) is 63.0 Å². The van der Waals surface area contributed by atoms with Crippen LogP contribution in [0.1, 0.15) is 50.5 Å². The topological polar surface area (TPSA) is 12.5 Å². The Morgan fingerprint density at radius 1 is 1.00 bits per heavy atom. The summed E-state index contributed by atoms with van der Waals surface area (Å²) in [5, 5.41) is 0. The minimum atomic E-state index is 0.120. The second kappa shape index (κ2) is 5.07. The Morgan fingerprint density at radius 3 is 2.50 bits per heavy atom. The molecule has 3 aliphatic rings. The third-order valence-corrected chi connectivity index (χ3v) is 5.61. The molecule has 2 heterocycles. The van der Waals surface area contributed by atoms with E-state index in [0.29, 0.717) is 0 Å². The lowest BCUT2D eigenvalue weighted by Crippen LogP contribution is -2.50. The SMILES string of the molecule is c1ccc2c(c1)CC1(CCN(C3CCCCC3)CC1)O2. The number of fused-ring (bicyclic) bond motifs is 1. The summed E-state index contributed by atoms with van der Waals surface area (Å²) in [5.74, 6) is 1.14. The van der Waals surface area contributed by atoms with Gasteiger partial charge in [-0.05, 0) is 24.5 Å². The molecule has 1 saturated carbocycles. The first kappa shape index (κ1) is 12.7. The van der Waals surface area contributed by atoms with Gasteiger partial charge in [0.15, 0.2) is 0 Å². The molecule has 2 nitrogen and oxygen atoms in total. The van der Waals surface area contributed by atoms with Gasteiger partial charge in [0.1, 0.15) is 11.4 Å². The van der Waals surface area contributed by atoms with Gasteiger partial charge in [-0.15, -0.1) is 0 Å². The largest absolute Gasteiger partial charge is 0.487 e. The fraction of sp³-hybridized carbons (Fsp3) is 0.667. The summed E-state index contributed by atoms with van der Waals surface area (Å²) in [4.78, 5) is 2.75. The summed E-state index contributed by atoms with van der Waals surface area (Å²) in [6.07, 6.45) is 10.7. The maximum Gasteiger partial charge on any atom is 0.123 e. The molecule has 0 atom stereocenters. The molecule has 1 aromatic carbocycles. The van der Waals surface area contributed by atoms with E-state index in [-0.39, 0.29) is 5.60 Å². The lowest BCUT2D eigenvalue weighted by Gasteiger charge is -2.43. The molecule has 0 radical (unpaired) electrons. The molecule has 0 bridgehead atoms. The van der Waals surface area contributed by atoms with E-state index in [1.165, 1.54) is 63.6 Å². The summed E-state index contributed by atoms with van der Waals surface area (Å²) in [6, 6.07) is 9.47. The molecule has 0 amide bonds. The predicted octanol–water partition coefficient (Wildman–Crippen LogP) is 3.79. The zero-order valence-electron chi connectivity index (χ0n) is 12.3. The Morgan fingerprint density at radius 2 is 1.75 bits per heavy atom. The van der Waals surface area contributed by atoms with Gasteiger partial charge in [0.05, 0.1) is 0 Å². The van der Waals surface area contributed by atoms with E-state index < -0.39 is 0 Å². The monoisotopic (exact) mass is 271 g/mol. The summed E-state index contributed by atoms with van der Waals surface area (Å²) in [6.45, 7) is 2.47. The second-order valence-electron chi connectivity index (χ2n) is 6.90. The minimum absolute atomic E-state index is 0.120. The highest BCUT2D eigenvalue weighted by Crippen LogP contribution is 2.41. The van der Waals surface area contributed by atoms with Gasteiger partial charge in [0.25, 0.3) is 0 Å². The zero-order chi connectivity index (χ0) is 13.4. The zero-order valence-corrected chi connectivity index (χ0v) is 12.3. The Bertz CT molecular complexity index is 443. The number of para-hydroxylation sites is 1. The highest BCUT2D eigenvalue weighted by molar-refractivity contribution is 5.39. The average molecular weight is 271 g/mol. The number of hydrogen-bond acceptors (Lipinski definition) is 2. The Balaban J connectivity index is 1.40. The third kappa shape index (κ3) is 2.24. The fourth-order valence-corrected chi connectivity index (χ4v) is 4.39. The molecule has 2 aliphatic heterocycles. The normalized spacial score (nSPS) is 26.4. The molecule has 2 heteroatoms. The molecule has 0 N–H and O–H groups in total. The molecule has 1 aromatic rings. The molecule has 108 valence electrons. The van der Waals surface area contributed by atoms with Gasteiger partial charge in [-0.2, -0.15) is 0 Å². The van der Waals surface area contributed by atoms with Crippen molar-refractivity contribution in [1.29, 1.82) is 0 Å². The maximum absolute atomic E-state index is 6.34. The van der Waals surface area contributed by atoms with Crippen molar-refractivity contribution < 1.29 is 4.74 Å². The van der Waals surface area contributed by atoms with E-state index in [1.807, 2.05) is 0 Å². The maximum atomic E-state index is 6.34. The van der Waals surface area contributed by atoms with Crippen molar-refractivity contribution >= 4 is 0 Å². The number of piperidine rings is 1. The highest BCUT2D eigenvalue weighted by atomic mass is 16.5. The van der Waals surface area contributed by atoms with Crippen molar-refractivity contribution in [2.75, 3.05) is 13.1 Å². The lowest BCUT2D eigenvalue weighted by molar-refractivity contribution is -0.0000511. The number of likely N-dealkylation sites (tertiary alicyclic amines) is 1. The number of rotatable bonds is 1. The van der Waals surface area contributed by atoms with Gasteiger partial charge < -0.3 is 9.64 Å². The first-order valence-electron chi connectivity index (χ1n) is 8.36. The lowest BCUT2D eigenvalue weighted by atomic mass is 9.85. The number of nitrogens with zero attached hydrogens (tertiary/aromatic N) is 1. The van der Waals surface area contributed by atoms with Crippen LogP contribution in [0.5, 0.6) is 5.75 Å². The van der Waals surface area contributed by atoms with Crippen molar-refractivity contribution in [1.82, 2.24) is 4.90 Å². The van der Waals surface area contributed by atoms with E-state index in [1.54, 1.807) is 0 Å². The summed E-state index contributed by atoms with van der Waals surface area (Å²) < 4.78 is 6.34. The van der Waals surface area contributed by atoms with Crippen LogP contribution in [-0.4, -0.2) is 29.6 Å². The van der Waals surface area contributed by atoms with Crippen LogP contribution < -0.4 is 4.74 Å². The summed E-state index contributed by atoms with van der Waals surface area (Å²) >= 11 is 0. The molecule has 0 unspecified atom stereocenters. The molecule has 1 saturated heterocycles. The second-order valence-corrected chi connectivity index (χ2v) is 6.90. The van der Waals surface area contributed by atoms with Crippen molar-refractivity contribution in [3.8, 4) is 5.75 Å². The smallest absolute Gasteiger partial charge is 0.123 e.